The van der Waals surface area contributed by atoms with Crippen molar-refractivity contribution in [3.8, 4) is 0 Å². The highest BCUT2D eigenvalue weighted by Gasteiger charge is 1.90. The van der Waals surface area contributed by atoms with Crippen LogP contribution in [0.3, 0.4) is 0 Å². The summed E-state index contributed by atoms with van der Waals surface area (Å²) in [5.74, 6) is 0. The summed E-state index contributed by atoms with van der Waals surface area (Å²) in [5.41, 5.74) is 0. The second-order valence-corrected chi connectivity index (χ2v) is 2.93. The van der Waals surface area contributed by atoms with E-state index < -0.39 is 0 Å². The van der Waals surface area contributed by atoms with E-state index in [9.17, 15) is 0 Å². The molecule has 0 bridgehead atoms. The normalized spacial score (nSPS) is 10.8. The lowest BCUT2D eigenvalue weighted by Gasteiger charge is -2.06. The molecule has 0 saturated carbocycles. The smallest absolute Gasteiger partial charge is 0.0701 e. The summed E-state index contributed by atoms with van der Waals surface area (Å²) in [6.07, 6.45) is 0. The van der Waals surface area contributed by atoms with Gasteiger partial charge < -0.3 is 24.3 Å². The maximum absolute atomic E-state index is 5.28. The Labute approximate surface area is 92.0 Å². The Bertz CT molecular complexity index is 102. The third kappa shape index (κ3) is 13.8. The Kier molecular flexibility index (Phi) is 13.6. The minimum atomic E-state index is 0.610. The summed E-state index contributed by atoms with van der Waals surface area (Å²) in [4.78, 5) is 0. The minimum Gasteiger partial charge on any atom is -0.382 e. The highest BCUT2D eigenvalue weighted by atomic mass is 16.6. The van der Waals surface area contributed by atoms with Crippen LogP contribution in [0.4, 0.5) is 0 Å². The van der Waals surface area contributed by atoms with Crippen molar-refractivity contribution in [3.63, 3.8) is 0 Å². The quantitative estimate of drug-likeness (QED) is 0.466. The third-order valence-corrected chi connectivity index (χ3v) is 1.67. The fraction of sp³-hybridized carbons (Fsp3) is 1.00. The van der Waals surface area contributed by atoms with Crippen LogP contribution in [-0.2, 0) is 18.9 Å². The van der Waals surface area contributed by atoms with Gasteiger partial charge in [-0.05, 0) is 7.05 Å². The largest absolute Gasteiger partial charge is 0.382 e. The molecule has 15 heavy (non-hydrogen) atoms. The first kappa shape index (κ1) is 14.8. The van der Waals surface area contributed by atoms with Gasteiger partial charge in [0, 0.05) is 13.7 Å². The van der Waals surface area contributed by atoms with Crippen LogP contribution in [-0.4, -0.2) is 67.0 Å². The molecule has 0 radical (unpaired) electrons. The molecule has 0 fully saturated rings. The third-order valence-electron chi connectivity index (χ3n) is 1.67. The molecule has 0 atom stereocenters. The molecule has 1 N–H and O–H groups in total. The van der Waals surface area contributed by atoms with Crippen LogP contribution in [0.15, 0.2) is 0 Å². The Balaban J connectivity index is 2.81. The Hall–Kier alpha value is -0.200. The number of ether oxygens (including phenoxy) is 4. The van der Waals surface area contributed by atoms with Crippen molar-refractivity contribution in [1.29, 1.82) is 0 Å². The lowest BCUT2D eigenvalue weighted by atomic mass is 10.6. The number of nitrogens with one attached hydrogen (secondary N) is 1. The van der Waals surface area contributed by atoms with E-state index in [4.69, 9.17) is 18.9 Å². The molecular formula is C10H23NO4. The van der Waals surface area contributed by atoms with Gasteiger partial charge in [0.05, 0.1) is 46.2 Å². The monoisotopic (exact) mass is 221 g/mol. The Morgan fingerprint density at radius 1 is 0.733 bits per heavy atom. The maximum atomic E-state index is 5.28. The zero-order chi connectivity index (χ0) is 11.2. The predicted octanol–water partition coefficient (Wildman–Crippen LogP) is -0.0980. The van der Waals surface area contributed by atoms with Gasteiger partial charge in [-0.2, -0.15) is 0 Å². The van der Waals surface area contributed by atoms with Crippen molar-refractivity contribution >= 4 is 0 Å². The number of likely N-dealkylation sites (N-methyl/N-ethyl adjacent to an activating group) is 1. The molecule has 0 unspecified atom stereocenters. The van der Waals surface area contributed by atoms with Crippen molar-refractivity contribution in [3.05, 3.63) is 0 Å². The predicted molar refractivity (Wildman–Crippen MR) is 58.3 cm³/mol. The summed E-state index contributed by atoms with van der Waals surface area (Å²) in [7, 11) is 3.56. The van der Waals surface area contributed by atoms with Crippen molar-refractivity contribution in [2.45, 2.75) is 0 Å². The standard InChI is InChI=1S/C10H23NO4/c1-11-3-4-13-7-8-15-10-9-14-6-5-12-2/h11H,3-10H2,1-2H3. The van der Waals surface area contributed by atoms with Crippen molar-refractivity contribution in [2.75, 3.05) is 67.0 Å². The second-order valence-electron chi connectivity index (χ2n) is 2.93. The van der Waals surface area contributed by atoms with Gasteiger partial charge in [-0.15, -0.1) is 0 Å². The lowest BCUT2D eigenvalue weighted by Crippen LogP contribution is -2.16. The van der Waals surface area contributed by atoms with E-state index >= 15 is 0 Å². The van der Waals surface area contributed by atoms with Gasteiger partial charge in [-0.1, -0.05) is 0 Å². The molecule has 5 nitrogen and oxygen atoms in total. The topological polar surface area (TPSA) is 49.0 Å². The SMILES string of the molecule is CNCCOCCOCCOCCOC. The fourth-order valence-corrected chi connectivity index (χ4v) is 0.858. The summed E-state index contributed by atoms with van der Waals surface area (Å²) in [6, 6.07) is 0. The van der Waals surface area contributed by atoms with E-state index in [1.54, 1.807) is 7.11 Å². The van der Waals surface area contributed by atoms with Crippen LogP contribution < -0.4 is 5.32 Å². The van der Waals surface area contributed by atoms with Gasteiger partial charge in [0.25, 0.3) is 0 Å². The summed E-state index contributed by atoms with van der Waals surface area (Å²) in [5, 5.41) is 3.00. The number of hydrogen-bond acceptors (Lipinski definition) is 5. The molecule has 0 aliphatic heterocycles. The highest BCUT2D eigenvalue weighted by Crippen LogP contribution is 1.81. The molecule has 0 spiro atoms. The van der Waals surface area contributed by atoms with E-state index in [-0.39, 0.29) is 0 Å². The number of rotatable bonds is 12. The number of methoxy groups -OCH3 is 1. The molecule has 0 amide bonds. The second kappa shape index (κ2) is 13.8. The average molecular weight is 221 g/mol. The van der Waals surface area contributed by atoms with Crippen LogP contribution >= 0.6 is 0 Å². The first-order valence-corrected chi connectivity index (χ1v) is 5.28. The zero-order valence-corrected chi connectivity index (χ0v) is 9.79. The van der Waals surface area contributed by atoms with Crippen LogP contribution in [0.2, 0.25) is 0 Å². The molecule has 0 aliphatic carbocycles. The summed E-state index contributed by atoms with van der Waals surface area (Å²) < 4.78 is 20.6. The minimum absolute atomic E-state index is 0.610. The lowest BCUT2D eigenvalue weighted by molar-refractivity contribution is 0.00423. The van der Waals surface area contributed by atoms with Crippen LogP contribution in [0.25, 0.3) is 0 Å². The molecule has 0 aromatic rings. The zero-order valence-electron chi connectivity index (χ0n) is 9.79. The average Bonchev–Trinajstić information content (AvgIpc) is 2.26. The fourth-order valence-electron chi connectivity index (χ4n) is 0.858. The molecule has 0 saturated heterocycles. The first-order chi connectivity index (χ1) is 7.41. The van der Waals surface area contributed by atoms with Crippen molar-refractivity contribution < 1.29 is 18.9 Å². The van der Waals surface area contributed by atoms with E-state index in [1.807, 2.05) is 7.05 Å². The molecular weight excluding hydrogens is 198 g/mol. The molecule has 0 heterocycles. The van der Waals surface area contributed by atoms with Gasteiger partial charge in [-0.25, -0.2) is 0 Å². The van der Waals surface area contributed by atoms with Crippen LogP contribution in [0, 0.1) is 0 Å². The highest BCUT2D eigenvalue weighted by molar-refractivity contribution is 4.37. The van der Waals surface area contributed by atoms with Crippen molar-refractivity contribution in [1.82, 2.24) is 5.32 Å². The Morgan fingerprint density at radius 2 is 1.20 bits per heavy atom. The molecule has 0 aromatic heterocycles. The van der Waals surface area contributed by atoms with Gasteiger partial charge in [0.15, 0.2) is 0 Å². The maximum Gasteiger partial charge on any atom is 0.0701 e. The van der Waals surface area contributed by atoms with Crippen LogP contribution in [0.1, 0.15) is 0 Å². The van der Waals surface area contributed by atoms with Gasteiger partial charge in [0.1, 0.15) is 0 Å². The van der Waals surface area contributed by atoms with Crippen molar-refractivity contribution in [2.24, 2.45) is 0 Å². The van der Waals surface area contributed by atoms with E-state index in [1.165, 1.54) is 0 Å². The molecule has 5 heteroatoms. The summed E-state index contributed by atoms with van der Waals surface area (Å²) >= 11 is 0. The molecule has 92 valence electrons. The molecule has 0 aliphatic rings. The number of hydrogen-bond donors (Lipinski definition) is 1. The van der Waals surface area contributed by atoms with Gasteiger partial charge >= 0.3 is 0 Å². The summed E-state index contributed by atoms with van der Waals surface area (Å²) in [6.45, 7) is 5.34. The van der Waals surface area contributed by atoms with E-state index in [0.29, 0.717) is 39.6 Å². The van der Waals surface area contributed by atoms with E-state index in [0.717, 1.165) is 13.2 Å². The van der Waals surface area contributed by atoms with E-state index in [2.05, 4.69) is 5.32 Å². The van der Waals surface area contributed by atoms with Gasteiger partial charge in [-0.3, -0.25) is 0 Å². The van der Waals surface area contributed by atoms with Gasteiger partial charge in [0.2, 0.25) is 0 Å². The first-order valence-electron chi connectivity index (χ1n) is 5.28. The molecule has 0 rings (SSSR count). The molecule has 0 aromatic carbocycles. The van der Waals surface area contributed by atoms with Crippen LogP contribution in [0.5, 0.6) is 0 Å². The Morgan fingerprint density at radius 3 is 1.67 bits per heavy atom.